The molecule has 0 spiro atoms. The van der Waals surface area contributed by atoms with Gasteiger partial charge in [-0.25, -0.2) is 0 Å². The molecule has 0 bridgehead atoms. The van der Waals surface area contributed by atoms with Gasteiger partial charge in [-0.15, -0.1) is 0 Å². The average Bonchev–Trinajstić information content (AvgIpc) is 2.91. The van der Waals surface area contributed by atoms with Crippen LogP contribution in [-0.4, -0.2) is 61.0 Å². The topological polar surface area (TPSA) is 35.6 Å². The average molecular weight is 315 g/mol. The van der Waals surface area contributed by atoms with E-state index in [0.717, 1.165) is 32.5 Å². The Labute approximate surface area is 139 Å². The summed E-state index contributed by atoms with van der Waals surface area (Å²) in [6.07, 6.45) is 5.85. The SMILES string of the molecule is O=C(CN1CCCN2CCCC2C1)NCCCc1ccccc1. The second kappa shape index (κ2) is 8.46. The zero-order chi connectivity index (χ0) is 15.9. The van der Waals surface area contributed by atoms with Crippen LogP contribution in [0.5, 0.6) is 0 Å². The molecule has 23 heavy (non-hydrogen) atoms. The van der Waals surface area contributed by atoms with E-state index in [1.165, 1.54) is 37.9 Å². The van der Waals surface area contributed by atoms with E-state index in [4.69, 9.17) is 0 Å². The Morgan fingerprint density at radius 2 is 1.96 bits per heavy atom. The first-order chi connectivity index (χ1) is 11.3. The van der Waals surface area contributed by atoms with Crippen molar-refractivity contribution in [3.63, 3.8) is 0 Å². The van der Waals surface area contributed by atoms with Gasteiger partial charge in [0, 0.05) is 19.1 Å². The van der Waals surface area contributed by atoms with Gasteiger partial charge in [0.2, 0.25) is 5.91 Å². The molecule has 126 valence electrons. The molecule has 1 N–H and O–H groups in total. The van der Waals surface area contributed by atoms with Crippen LogP contribution in [0.15, 0.2) is 30.3 Å². The summed E-state index contributed by atoms with van der Waals surface area (Å²) >= 11 is 0. The van der Waals surface area contributed by atoms with Crippen molar-refractivity contribution in [3.05, 3.63) is 35.9 Å². The molecule has 1 amide bonds. The first-order valence-electron chi connectivity index (χ1n) is 9.08. The lowest BCUT2D eigenvalue weighted by molar-refractivity contribution is -0.122. The van der Waals surface area contributed by atoms with Crippen molar-refractivity contribution in [1.29, 1.82) is 0 Å². The first kappa shape index (κ1) is 16.5. The number of fused-ring (bicyclic) bond motifs is 1. The van der Waals surface area contributed by atoms with Crippen LogP contribution >= 0.6 is 0 Å². The van der Waals surface area contributed by atoms with Gasteiger partial charge in [0.1, 0.15) is 0 Å². The Morgan fingerprint density at radius 1 is 1.13 bits per heavy atom. The third kappa shape index (κ3) is 5.05. The van der Waals surface area contributed by atoms with Crippen molar-refractivity contribution in [2.75, 3.05) is 39.3 Å². The van der Waals surface area contributed by atoms with E-state index in [9.17, 15) is 4.79 Å². The molecule has 1 unspecified atom stereocenters. The van der Waals surface area contributed by atoms with E-state index >= 15 is 0 Å². The zero-order valence-corrected chi connectivity index (χ0v) is 14.0. The highest BCUT2D eigenvalue weighted by atomic mass is 16.2. The maximum absolute atomic E-state index is 12.2. The minimum Gasteiger partial charge on any atom is -0.355 e. The molecule has 1 aromatic carbocycles. The number of nitrogens with one attached hydrogen (secondary N) is 1. The van der Waals surface area contributed by atoms with Crippen molar-refractivity contribution in [1.82, 2.24) is 15.1 Å². The second-order valence-electron chi connectivity index (χ2n) is 6.86. The highest BCUT2D eigenvalue weighted by Crippen LogP contribution is 2.20. The predicted octanol–water partition coefficient (Wildman–Crippen LogP) is 1.91. The van der Waals surface area contributed by atoms with Crippen molar-refractivity contribution < 1.29 is 4.79 Å². The maximum atomic E-state index is 12.2. The molecule has 2 heterocycles. The monoisotopic (exact) mass is 315 g/mol. The molecule has 2 aliphatic rings. The lowest BCUT2D eigenvalue weighted by atomic mass is 10.1. The number of nitrogens with zero attached hydrogens (tertiary/aromatic N) is 2. The lowest BCUT2D eigenvalue weighted by Crippen LogP contribution is -2.42. The summed E-state index contributed by atoms with van der Waals surface area (Å²) in [4.78, 5) is 17.1. The molecule has 1 aromatic rings. The highest BCUT2D eigenvalue weighted by molar-refractivity contribution is 5.77. The van der Waals surface area contributed by atoms with E-state index in [-0.39, 0.29) is 5.91 Å². The largest absolute Gasteiger partial charge is 0.355 e. The molecular formula is C19H29N3O. The van der Waals surface area contributed by atoms with Gasteiger partial charge in [-0.3, -0.25) is 14.6 Å². The third-order valence-corrected chi connectivity index (χ3v) is 5.06. The van der Waals surface area contributed by atoms with Crippen molar-refractivity contribution >= 4 is 5.91 Å². The highest BCUT2D eigenvalue weighted by Gasteiger charge is 2.29. The van der Waals surface area contributed by atoms with Gasteiger partial charge in [-0.1, -0.05) is 30.3 Å². The number of hydrogen-bond acceptors (Lipinski definition) is 3. The number of benzene rings is 1. The molecule has 0 radical (unpaired) electrons. The summed E-state index contributed by atoms with van der Waals surface area (Å²) < 4.78 is 0. The number of rotatable bonds is 6. The van der Waals surface area contributed by atoms with Crippen LogP contribution in [0.2, 0.25) is 0 Å². The Bertz CT molecular complexity index is 491. The Hall–Kier alpha value is -1.39. The molecular weight excluding hydrogens is 286 g/mol. The Balaban J connectivity index is 1.34. The second-order valence-corrected chi connectivity index (χ2v) is 6.86. The van der Waals surface area contributed by atoms with Gasteiger partial charge in [0.25, 0.3) is 0 Å². The fraction of sp³-hybridized carbons (Fsp3) is 0.632. The molecule has 3 rings (SSSR count). The van der Waals surface area contributed by atoms with Crippen LogP contribution in [0, 0.1) is 0 Å². The van der Waals surface area contributed by atoms with E-state index in [2.05, 4.69) is 39.4 Å². The fourth-order valence-corrected chi connectivity index (χ4v) is 3.85. The van der Waals surface area contributed by atoms with Crippen LogP contribution in [0.25, 0.3) is 0 Å². The number of carbonyl (C=O) groups is 1. The summed E-state index contributed by atoms with van der Waals surface area (Å²) in [6.45, 7) is 5.93. The standard InChI is InChI=1S/C19H29N3O/c23-19(20-11-4-9-17-7-2-1-3-8-17)16-21-12-6-14-22-13-5-10-18(22)15-21/h1-3,7-8,18H,4-6,9-16H2,(H,20,23). The van der Waals surface area contributed by atoms with Gasteiger partial charge in [-0.05, 0) is 57.3 Å². The number of aryl methyl sites for hydroxylation is 1. The van der Waals surface area contributed by atoms with Gasteiger partial charge in [0.15, 0.2) is 0 Å². The van der Waals surface area contributed by atoms with Crippen LogP contribution in [0.1, 0.15) is 31.2 Å². The van der Waals surface area contributed by atoms with E-state index in [1.807, 2.05) is 6.07 Å². The van der Waals surface area contributed by atoms with E-state index < -0.39 is 0 Å². The molecule has 0 aromatic heterocycles. The normalized spacial score (nSPS) is 22.5. The Morgan fingerprint density at radius 3 is 2.83 bits per heavy atom. The smallest absolute Gasteiger partial charge is 0.234 e. The molecule has 4 nitrogen and oxygen atoms in total. The summed E-state index contributed by atoms with van der Waals surface area (Å²) in [5.74, 6) is 0.185. The summed E-state index contributed by atoms with van der Waals surface area (Å²) in [7, 11) is 0. The summed E-state index contributed by atoms with van der Waals surface area (Å²) in [5.41, 5.74) is 1.34. The number of amides is 1. The van der Waals surface area contributed by atoms with Crippen LogP contribution in [0.4, 0.5) is 0 Å². The minimum absolute atomic E-state index is 0.185. The minimum atomic E-state index is 0.185. The fourth-order valence-electron chi connectivity index (χ4n) is 3.85. The zero-order valence-electron chi connectivity index (χ0n) is 14.0. The predicted molar refractivity (Wildman–Crippen MR) is 93.4 cm³/mol. The maximum Gasteiger partial charge on any atom is 0.234 e. The van der Waals surface area contributed by atoms with Gasteiger partial charge < -0.3 is 5.32 Å². The molecule has 4 heteroatoms. The summed E-state index contributed by atoms with van der Waals surface area (Å²) in [5, 5.41) is 3.09. The van der Waals surface area contributed by atoms with Crippen LogP contribution < -0.4 is 5.32 Å². The summed E-state index contributed by atoms with van der Waals surface area (Å²) in [6, 6.07) is 11.2. The van der Waals surface area contributed by atoms with Crippen molar-refractivity contribution in [2.45, 2.75) is 38.1 Å². The van der Waals surface area contributed by atoms with Gasteiger partial charge >= 0.3 is 0 Å². The van der Waals surface area contributed by atoms with E-state index in [0.29, 0.717) is 12.6 Å². The molecule has 0 aliphatic carbocycles. The molecule has 1 atom stereocenters. The van der Waals surface area contributed by atoms with Gasteiger partial charge in [-0.2, -0.15) is 0 Å². The third-order valence-electron chi connectivity index (χ3n) is 5.06. The quantitative estimate of drug-likeness (QED) is 0.815. The first-order valence-corrected chi connectivity index (χ1v) is 9.08. The van der Waals surface area contributed by atoms with Crippen molar-refractivity contribution in [3.8, 4) is 0 Å². The van der Waals surface area contributed by atoms with Gasteiger partial charge in [0.05, 0.1) is 6.54 Å². The molecule has 2 fully saturated rings. The Kier molecular flexibility index (Phi) is 6.06. The lowest BCUT2D eigenvalue weighted by Gasteiger charge is -2.25. The number of hydrogen-bond donors (Lipinski definition) is 1. The van der Waals surface area contributed by atoms with Crippen molar-refractivity contribution in [2.24, 2.45) is 0 Å². The molecule has 0 saturated carbocycles. The van der Waals surface area contributed by atoms with E-state index in [1.54, 1.807) is 0 Å². The number of carbonyl (C=O) groups excluding carboxylic acids is 1. The van der Waals surface area contributed by atoms with Crippen LogP contribution in [-0.2, 0) is 11.2 Å². The molecule has 2 saturated heterocycles. The van der Waals surface area contributed by atoms with Crippen LogP contribution in [0.3, 0.4) is 0 Å². The molecule has 2 aliphatic heterocycles.